The number of rotatable bonds is 7. The molecule has 2 aromatic carbocycles. The minimum absolute atomic E-state index is 0.148. The predicted octanol–water partition coefficient (Wildman–Crippen LogP) is 3.81. The first-order chi connectivity index (χ1) is 14.8. The number of hydrogen-bond donors (Lipinski definition) is 1. The van der Waals surface area contributed by atoms with Gasteiger partial charge in [-0.15, -0.1) is 0 Å². The summed E-state index contributed by atoms with van der Waals surface area (Å²) in [6.45, 7) is 3.50. The Morgan fingerprint density at radius 1 is 1.06 bits per heavy atom. The molecule has 31 heavy (non-hydrogen) atoms. The smallest absolute Gasteiger partial charge is 0.264 e. The molecule has 3 atom stereocenters. The van der Waals surface area contributed by atoms with Crippen molar-refractivity contribution in [3.63, 3.8) is 0 Å². The average Bonchev–Trinajstić information content (AvgIpc) is 3.35. The Morgan fingerprint density at radius 3 is 2.39 bits per heavy atom. The first-order valence-corrected chi connectivity index (χ1v) is 12.3. The van der Waals surface area contributed by atoms with Gasteiger partial charge < -0.3 is 10.1 Å². The monoisotopic (exact) mass is 442 g/mol. The molecule has 4 rings (SSSR count). The first-order valence-electron chi connectivity index (χ1n) is 10.8. The molecular weight excluding hydrogens is 412 g/mol. The number of nitrogens with zero attached hydrogens (tertiary/aromatic N) is 1. The number of carbonyl (C=O) groups is 1. The molecule has 2 aliphatic rings. The van der Waals surface area contributed by atoms with E-state index in [4.69, 9.17) is 4.74 Å². The Kier molecular flexibility index (Phi) is 5.97. The van der Waals surface area contributed by atoms with Gasteiger partial charge in [0.1, 0.15) is 12.3 Å². The topological polar surface area (TPSA) is 75.7 Å². The van der Waals surface area contributed by atoms with Crippen LogP contribution < -0.4 is 14.4 Å². The van der Waals surface area contributed by atoms with Crippen LogP contribution in [-0.4, -0.2) is 34.0 Å². The van der Waals surface area contributed by atoms with Crippen molar-refractivity contribution in [1.82, 2.24) is 5.32 Å². The zero-order valence-electron chi connectivity index (χ0n) is 18.3. The van der Waals surface area contributed by atoms with Gasteiger partial charge >= 0.3 is 0 Å². The fourth-order valence-electron chi connectivity index (χ4n) is 4.94. The largest absolute Gasteiger partial charge is 0.495 e. The van der Waals surface area contributed by atoms with Crippen molar-refractivity contribution in [2.24, 2.45) is 11.8 Å². The number of methoxy groups -OCH3 is 1. The SMILES string of the molecule is COc1ccc(C)cc1N(CC(=O)N[C@@H]1C[C@@H]2CC[C@H]1C2)S(=O)(=O)c1ccc(C)cc1. The van der Waals surface area contributed by atoms with E-state index in [9.17, 15) is 13.2 Å². The van der Waals surface area contributed by atoms with Gasteiger partial charge in [-0.05, 0) is 74.8 Å². The van der Waals surface area contributed by atoms with E-state index in [1.807, 2.05) is 19.9 Å². The summed E-state index contributed by atoms with van der Waals surface area (Å²) in [4.78, 5) is 13.2. The number of hydrogen-bond acceptors (Lipinski definition) is 4. The van der Waals surface area contributed by atoms with Crippen LogP contribution in [0.5, 0.6) is 5.75 Å². The number of fused-ring (bicyclic) bond motifs is 2. The number of benzene rings is 2. The molecule has 6 nitrogen and oxygen atoms in total. The van der Waals surface area contributed by atoms with Crippen LogP contribution in [0, 0.1) is 25.7 Å². The van der Waals surface area contributed by atoms with E-state index in [0.29, 0.717) is 23.3 Å². The van der Waals surface area contributed by atoms with Crippen LogP contribution >= 0.6 is 0 Å². The van der Waals surface area contributed by atoms with Gasteiger partial charge in [0.15, 0.2) is 0 Å². The standard InChI is InChI=1S/C24H30N2O4S/c1-16-4-9-20(10-5-16)31(28,29)26(22-12-17(2)6-11-23(22)30-3)15-24(27)25-21-14-18-7-8-19(21)13-18/h4-6,9-12,18-19,21H,7-8,13-15H2,1-3H3,(H,25,27)/t18-,19+,21-/m1/s1. The quantitative estimate of drug-likeness (QED) is 0.707. The van der Waals surface area contributed by atoms with E-state index >= 15 is 0 Å². The van der Waals surface area contributed by atoms with Crippen LogP contribution in [0.25, 0.3) is 0 Å². The lowest BCUT2D eigenvalue weighted by Gasteiger charge is -2.28. The molecule has 0 radical (unpaired) electrons. The fraction of sp³-hybridized carbons (Fsp3) is 0.458. The Morgan fingerprint density at radius 2 is 1.77 bits per heavy atom. The fourth-order valence-corrected chi connectivity index (χ4v) is 6.36. The normalized spacial score (nSPS) is 22.4. The van der Waals surface area contributed by atoms with Crippen LogP contribution in [0.1, 0.15) is 36.8 Å². The van der Waals surface area contributed by atoms with Crippen LogP contribution in [0.4, 0.5) is 5.69 Å². The maximum Gasteiger partial charge on any atom is 0.264 e. The summed E-state index contributed by atoms with van der Waals surface area (Å²) in [6.07, 6.45) is 4.55. The van der Waals surface area contributed by atoms with Gasteiger partial charge in [-0.3, -0.25) is 9.10 Å². The van der Waals surface area contributed by atoms with E-state index < -0.39 is 10.0 Å². The third kappa shape index (κ3) is 4.42. The highest BCUT2D eigenvalue weighted by Gasteiger charge is 2.40. The second kappa shape index (κ2) is 8.54. The minimum Gasteiger partial charge on any atom is -0.495 e. The lowest BCUT2D eigenvalue weighted by atomic mass is 9.95. The number of carbonyl (C=O) groups excluding carboxylic acids is 1. The highest BCUT2D eigenvalue weighted by Crippen LogP contribution is 2.44. The van der Waals surface area contributed by atoms with Crippen LogP contribution in [0.3, 0.4) is 0 Å². The highest BCUT2D eigenvalue weighted by atomic mass is 32.2. The van der Waals surface area contributed by atoms with Gasteiger partial charge in [0.25, 0.3) is 10.0 Å². The third-order valence-corrected chi connectivity index (χ3v) is 8.36. The summed E-state index contributed by atoms with van der Waals surface area (Å²) in [5.41, 5.74) is 2.22. The van der Waals surface area contributed by atoms with Crippen molar-refractivity contribution >= 4 is 21.6 Å². The minimum atomic E-state index is -3.97. The highest BCUT2D eigenvalue weighted by molar-refractivity contribution is 7.92. The van der Waals surface area contributed by atoms with Crippen molar-refractivity contribution in [3.8, 4) is 5.75 Å². The molecule has 1 amide bonds. The van der Waals surface area contributed by atoms with Crippen molar-refractivity contribution in [1.29, 1.82) is 0 Å². The van der Waals surface area contributed by atoms with Crippen molar-refractivity contribution < 1.29 is 17.9 Å². The average molecular weight is 443 g/mol. The maximum absolute atomic E-state index is 13.6. The van der Waals surface area contributed by atoms with Crippen molar-refractivity contribution in [2.75, 3.05) is 18.0 Å². The van der Waals surface area contributed by atoms with Gasteiger partial charge in [-0.2, -0.15) is 0 Å². The summed E-state index contributed by atoms with van der Waals surface area (Å²) in [5.74, 6) is 1.34. The summed E-state index contributed by atoms with van der Waals surface area (Å²) < 4.78 is 33.8. The molecule has 0 spiro atoms. The summed E-state index contributed by atoms with van der Waals surface area (Å²) in [5, 5.41) is 3.11. The molecule has 2 saturated carbocycles. The Hall–Kier alpha value is -2.54. The number of sulfonamides is 1. The Balaban J connectivity index is 1.66. The molecule has 0 aromatic heterocycles. The van der Waals surface area contributed by atoms with Gasteiger partial charge in [-0.1, -0.05) is 30.2 Å². The molecule has 1 N–H and O–H groups in total. The summed E-state index contributed by atoms with van der Waals surface area (Å²) >= 11 is 0. The molecule has 2 fully saturated rings. The number of nitrogens with one attached hydrogen (secondary N) is 1. The Bertz CT molecular complexity index is 1070. The lowest BCUT2D eigenvalue weighted by molar-refractivity contribution is -0.120. The van der Waals surface area contributed by atoms with Gasteiger partial charge in [0.05, 0.1) is 17.7 Å². The van der Waals surface area contributed by atoms with Crippen LogP contribution in [0.2, 0.25) is 0 Å². The van der Waals surface area contributed by atoms with E-state index in [2.05, 4.69) is 5.32 Å². The van der Waals surface area contributed by atoms with E-state index in [1.165, 1.54) is 24.3 Å². The van der Waals surface area contributed by atoms with E-state index in [-0.39, 0.29) is 23.4 Å². The zero-order valence-corrected chi connectivity index (χ0v) is 19.1. The molecule has 2 aliphatic carbocycles. The lowest BCUT2D eigenvalue weighted by Crippen LogP contribution is -2.46. The predicted molar refractivity (Wildman–Crippen MR) is 121 cm³/mol. The summed E-state index contributed by atoms with van der Waals surface area (Å²) in [7, 11) is -2.47. The molecule has 0 aliphatic heterocycles. The second-order valence-electron chi connectivity index (χ2n) is 8.85. The van der Waals surface area contributed by atoms with Gasteiger partial charge in [0.2, 0.25) is 5.91 Å². The summed E-state index contributed by atoms with van der Waals surface area (Å²) in [6, 6.07) is 12.2. The number of aryl methyl sites for hydroxylation is 2. The van der Waals surface area contributed by atoms with E-state index in [1.54, 1.807) is 36.4 Å². The van der Waals surface area contributed by atoms with Crippen LogP contribution in [0.15, 0.2) is 47.4 Å². The van der Waals surface area contributed by atoms with Gasteiger partial charge in [-0.25, -0.2) is 8.42 Å². The number of anilines is 1. The zero-order chi connectivity index (χ0) is 22.2. The van der Waals surface area contributed by atoms with Crippen molar-refractivity contribution in [2.45, 2.75) is 50.5 Å². The molecule has 7 heteroatoms. The van der Waals surface area contributed by atoms with Crippen LogP contribution in [-0.2, 0) is 14.8 Å². The molecule has 0 unspecified atom stereocenters. The molecule has 0 saturated heterocycles. The molecule has 2 aromatic rings. The molecule has 166 valence electrons. The molecule has 0 heterocycles. The first kappa shape index (κ1) is 21.7. The van der Waals surface area contributed by atoms with Crippen molar-refractivity contribution in [3.05, 3.63) is 53.6 Å². The number of amides is 1. The maximum atomic E-state index is 13.6. The third-order valence-electron chi connectivity index (χ3n) is 6.58. The molecule has 2 bridgehead atoms. The Labute approximate surface area is 184 Å². The number of ether oxygens (including phenoxy) is 1. The molecular formula is C24H30N2O4S. The second-order valence-corrected chi connectivity index (χ2v) is 10.7. The van der Waals surface area contributed by atoms with E-state index in [0.717, 1.165) is 24.0 Å². The van der Waals surface area contributed by atoms with Gasteiger partial charge in [0, 0.05) is 6.04 Å².